The lowest BCUT2D eigenvalue weighted by molar-refractivity contribution is 0.458. The Morgan fingerprint density at radius 3 is 2.79 bits per heavy atom. The number of aromatic hydroxyl groups is 1. The highest BCUT2D eigenvalue weighted by Gasteiger charge is 2.10. The molecule has 0 bridgehead atoms. The minimum absolute atomic E-state index is 0. The fraction of sp³-hybridized carbons (Fsp3) is 0.200. The molecule has 0 unspecified atom stereocenters. The van der Waals surface area contributed by atoms with Crippen LogP contribution in [0, 0.1) is 0 Å². The van der Waals surface area contributed by atoms with Crippen molar-refractivity contribution in [3.63, 3.8) is 0 Å². The van der Waals surface area contributed by atoms with E-state index >= 15 is 0 Å². The van der Waals surface area contributed by atoms with E-state index in [1.54, 1.807) is 12.1 Å². The molecule has 0 amide bonds. The third-order valence-electron chi connectivity index (χ3n) is 1.84. The van der Waals surface area contributed by atoms with E-state index in [9.17, 15) is 5.11 Å². The van der Waals surface area contributed by atoms with Crippen molar-refractivity contribution in [3.05, 3.63) is 40.9 Å². The molecule has 4 heteroatoms. The van der Waals surface area contributed by atoms with Crippen molar-refractivity contribution >= 4 is 28.3 Å². The zero-order valence-corrected chi connectivity index (χ0v) is 10.0. The summed E-state index contributed by atoms with van der Waals surface area (Å²) in [6.07, 6.45) is 2.40. The molecular weight excluding hydrogens is 265 g/mol. The normalized spacial score (nSPS) is 11.6. The van der Waals surface area contributed by atoms with Crippen molar-refractivity contribution in [2.75, 3.05) is 0 Å². The molecule has 14 heavy (non-hydrogen) atoms. The second kappa shape index (κ2) is 6.06. The molecule has 1 atom stereocenters. The molecule has 1 aromatic rings. The summed E-state index contributed by atoms with van der Waals surface area (Å²) in [4.78, 5) is 0. The molecule has 0 saturated heterocycles. The van der Waals surface area contributed by atoms with Gasteiger partial charge in [-0.15, -0.1) is 19.0 Å². The lowest BCUT2D eigenvalue weighted by atomic mass is 10.0. The molecule has 0 heterocycles. The van der Waals surface area contributed by atoms with Gasteiger partial charge in [-0.05, 0) is 28.4 Å². The molecule has 1 rings (SSSR count). The fourth-order valence-corrected chi connectivity index (χ4v) is 1.52. The first-order valence-electron chi connectivity index (χ1n) is 4.00. The fourth-order valence-electron chi connectivity index (χ4n) is 1.14. The number of phenols is 1. The number of hydrogen-bond donors (Lipinski definition) is 2. The number of halogens is 2. The number of benzene rings is 1. The quantitative estimate of drug-likeness (QED) is 0.834. The van der Waals surface area contributed by atoms with Crippen LogP contribution in [0.25, 0.3) is 0 Å². The smallest absolute Gasteiger partial charge is 0.134 e. The third-order valence-corrected chi connectivity index (χ3v) is 2.48. The summed E-state index contributed by atoms with van der Waals surface area (Å²) in [5.74, 6) is 0.219. The second-order valence-electron chi connectivity index (χ2n) is 2.81. The summed E-state index contributed by atoms with van der Waals surface area (Å²) in [5, 5.41) is 9.63. The number of nitrogens with two attached hydrogens (primary N) is 1. The average molecular weight is 279 g/mol. The van der Waals surface area contributed by atoms with Crippen molar-refractivity contribution in [1.29, 1.82) is 0 Å². The highest BCUT2D eigenvalue weighted by molar-refractivity contribution is 9.10. The maximum atomic E-state index is 9.63. The minimum atomic E-state index is -0.185. The van der Waals surface area contributed by atoms with E-state index in [-0.39, 0.29) is 24.2 Å². The molecule has 0 fully saturated rings. The molecule has 1 aromatic carbocycles. The zero-order valence-electron chi connectivity index (χ0n) is 7.61. The van der Waals surface area contributed by atoms with Gasteiger partial charge < -0.3 is 10.8 Å². The molecule has 0 aliphatic carbocycles. The third kappa shape index (κ3) is 3.01. The van der Waals surface area contributed by atoms with Gasteiger partial charge in [-0.1, -0.05) is 18.2 Å². The van der Waals surface area contributed by atoms with Crippen LogP contribution in [0.1, 0.15) is 18.0 Å². The predicted molar refractivity (Wildman–Crippen MR) is 64.8 cm³/mol. The highest BCUT2D eigenvalue weighted by atomic mass is 79.9. The van der Waals surface area contributed by atoms with Gasteiger partial charge in [-0.3, -0.25) is 0 Å². The van der Waals surface area contributed by atoms with Crippen LogP contribution in [0.2, 0.25) is 0 Å². The standard InChI is InChI=1S/C10H12BrNO.ClH/c1-2-4-9(12)7-5-3-6-8(11)10(7)13;/h2-3,5-6,9,13H,1,4,12H2;1H/t9-;/m1./s1. The first-order chi connectivity index (χ1) is 6.16. The lowest BCUT2D eigenvalue weighted by Crippen LogP contribution is -2.09. The molecule has 0 aliphatic rings. The van der Waals surface area contributed by atoms with Gasteiger partial charge in [-0.25, -0.2) is 0 Å². The van der Waals surface area contributed by atoms with Gasteiger partial charge in [0.05, 0.1) is 4.47 Å². The van der Waals surface area contributed by atoms with Crippen LogP contribution in [0.15, 0.2) is 35.3 Å². The summed E-state index contributed by atoms with van der Waals surface area (Å²) in [6, 6.07) is 5.26. The topological polar surface area (TPSA) is 46.2 Å². The minimum Gasteiger partial charge on any atom is -0.506 e. The van der Waals surface area contributed by atoms with Gasteiger partial charge in [0.2, 0.25) is 0 Å². The van der Waals surface area contributed by atoms with Crippen molar-refractivity contribution in [2.24, 2.45) is 5.73 Å². The Hall–Kier alpha value is -0.510. The maximum Gasteiger partial charge on any atom is 0.134 e. The van der Waals surface area contributed by atoms with Crippen LogP contribution < -0.4 is 5.73 Å². The van der Waals surface area contributed by atoms with E-state index in [4.69, 9.17) is 5.73 Å². The molecule has 0 radical (unpaired) electrons. The summed E-state index contributed by atoms with van der Waals surface area (Å²) in [5.41, 5.74) is 6.57. The van der Waals surface area contributed by atoms with Crippen LogP contribution in [-0.4, -0.2) is 5.11 Å². The van der Waals surface area contributed by atoms with Gasteiger partial charge in [0.1, 0.15) is 5.75 Å². The summed E-state index contributed by atoms with van der Waals surface area (Å²) in [7, 11) is 0. The maximum absolute atomic E-state index is 9.63. The van der Waals surface area contributed by atoms with E-state index in [1.165, 1.54) is 0 Å². The molecule has 0 aliphatic heterocycles. The van der Waals surface area contributed by atoms with E-state index in [0.717, 1.165) is 5.56 Å². The van der Waals surface area contributed by atoms with Crippen LogP contribution in [0.4, 0.5) is 0 Å². The largest absolute Gasteiger partial charge is 0.506 e. The summed E-state index contributed by atoms with van der Waals surface area (Å²) < 4.78 is 0.671. The summed E-state index contributed by atoms with van der Waals surface area (Å²) >= 11 is 3.23. The van der Waals surface area contributed by atoms with Crippen LogP contribution in [-0.2, 0) is 0 Å². The Bertz CT molecular complexity index is 317. The summed E-state index contributed by atoms with van der Waals surface area (Å²) in [6.45, 7) is 3.60. The molecule has 0 spiro atoms. The van der Waals surface area contributed by atoms with E-state index in [2.05, 4.69) is 22.5 Å². The number of phenolic OH excluding ortho intramolecular Hbond substituents is 1. The SMILES string of the molecule is C=CC[C@@H](N)c1cccc(Br)c1O.Cl. The first kappa shape index (κ1) is 13.5. The Morgan fingerprint density at radius 1 is 1.57 bits per heavy atom. The van der Waals surface area contributed by atoms with Crippen molar-refractivity contribution in [2.45, 2.75) is 12.5 Å². The van der Waals surface area contributed by atoms with E-state index in [1.807, 2.05) is 12.1 Å². The molecule has 0 aromatic heterocycles. The van der Waals surface area contributed by atoms with Crippen LogP contribution >= 0.6 is 28.3 Å². The Balaban J connectivity index is 0.00000169. The van der Waals surface area contributed by atoms with Gasteiger partial charge in [0, 0.05) is 11.6 Å². The number of hydrogen-bond acceptors (Lipinski definition) is 2. The Kier molecular flexibility index (Phi) is 5.84. The van der Waals surface area contributed by atoms with Crippen molar-refractivity contribution in [1.82, 2.24) is 0 Å². The number of rotatable bonds is 3. The van der Waals surface area contributed by atoms with E-state index < -0.39 is 0 Å². The predicted octanol–water partition coefficient (Wildman–Crippen LogP) is 3.15. The number of para-hydroxylation sites is 1. The van der Waals surface area contributed by atoms with Crippen LogP contribution in [0.3, 0.4) is 0 Å². The van der Waals surface area contributed by atoms with Gasteiger partial charge in [0.15, 0.2) is 0 Å². The highest BCUT2D eigenvalue weighted by Crippen LogP contribution is 2.31. The van der Waals surface area contributed by atoms with Crippen molar-refractivity contribution in [3.8, 4) is 5.75 Å². The Labute approximate surface area is 98.4 Å². The Morgan fingerprint density at radius 2 is 2.21 bits per heavy atom. The second-order valence-corrected chi connectivity index (χ2v) is 3.66. The van der Waals surface area contributed by atoms with Gasteiger partial charge in [-0.2, -0.15) is 0 Å². The molecule has 0 saturated carbocycles. The molecular formula is C10H13BrClNO. The van der Waals surface area contributed by atoms with E-state index in [0.29, 0.717) is 10.9 Å². The average Bonchev–Trinajstić information content (AvgIpc) is 2.10. The van der Waals surface area contributed by atoms with Gasteiger partial charge in [0.25, 0.3) is 0 Å². The molecule has 3 N–H and O–H groups in total. The zero-order chi connectivity index (χ0) is 9.84. The van der Waals surface area contributed by atoms with Crippen molar-refractivity contribution < 1.29 is 5.11 Å². The molecule has 78 valence electrons. The van der Waals surface area contributed by atoms with Gasteiger partial charge >= 0.3 is 0 Å². The first-order valence-corrected chi connectivity index (χ1v) is 4.80. The monoisotopic (exact) mass is 277 g/mol. The van der Waals surface area contributed by atoms with Crippen LogP contribution in [0.5, 0.6) is 5.75 Å². The lowest BCUT2D eigenvalue weighted by Gasteiger charge is -2.11. The molecule has 2 nitrogen and oxygen atoms in total.